The quantitative estimate of drug-likeness (QED) is 0.731. The Bertz CT molecular complexity index is 1110. The van der Waals surface area contributed by atoms with E-state index in [4.69, 9.17) is 9.15 Å². The maximum absolute atomic E-state index is 13.0. The summed E-state index contributed by atoms with van der Waals surface area (Å²) in [6, 6.07) is 9.67. The first-order valence-corrected chi connectivity index (χ1v) is 8.79. The van der Waals surface area contributed by atoms with Gasteiger partial charge in [0, 0.05) is 31.6 Å². The summed E-state index contributed by atoms with van der Waals surface area (Å²) in [7, 11) is 1.46. The highest BCUT2D eigenvalue weighted by Crippen LogP contribution is 2.32. The van der Waals surface area contributed by atoms with E-state index in [1.165, 1.54) is 19.2 Å². The van der Waals surface area contributed by atoms with Crippen molar-refractivity contribution in [3.05, 3.63) is 58.2 Å². The summed E-state index contributed by atoms with van der Waals surface area (Å²) in [5.74, 6) is -0.803. The Hall–Kier alpha value is -3.46. The van der Waals surface area contributed by atoms with E-state index in [-0.39, 0.29) is 28.6 Å². The molecular weight excluding hydrogens is 364 g/mol. The molecule has 0 aliphatic carbocycles. The fourth-order valence-electron chi connectivity index (χ4n) is 3.03. The van der Waals surface area contributed by atoms with Crippen LogP contribution in [0.5, 0.6) is 0 Å². The van der Waals surface area contributed by atoms with E-state index in [2.05, 4.69) is 10.4 Å². The number of carbonyl (C=O) groups excluding carboxylic acids is 2. The number of hydrogen-bond donors (Lipinski definition) is 1. The van der Waals surface area contributed by atoms with Gasteiger partial charge in [-0.05, 0) is 18.2 Å². The van der Waals surface area contributed by atoms with Crippen molar-refractivity contribution >= 4 is 28.5 Å². The molecule has 0 atom stereocenters. The molecule has 1 aliphatic heterocycles. The van der Waals surface area contributed by atoms with Crippen LogP contribution < -0.4 is 10.9 Å². The number of carbonyl (C=O) groups is 2. The predicted molar refractivity (Wildman–Crippen MR) is 100 cm³/mol. The van der Waals surface area contributed by atoms with E-state index in [1.807, 2.05) is 0 Å². The van der Waals surface area contributed by atoms with E-state index >= 15 is 0 Å². The van der Waals surface area contributed by atoms with Crippen LogP contribution in [0.25, 0.3) is 11.0 Å². The van der Waals surface area contributed by atoms with E-state index in [0.717, 1.165) is 4.68 Å². The van der Waals surface area contributed by atoms with Crippen molar-refractivity contribution in [1.82, 2.24) is 14.7 Å². The first-order chi connectivity index (χ1) is 13.5. The first kappa shape index (κ1) is 17.9. The van der Waals surface area contributed by atoms with E-state index < -0.39 is 5.91 Å². The minimum atomic E-state index is -0.543. The molecule has 0 bridgehead atoms. The van der Waals surface area contributed by atoms with Gasteiger partial charge >= 0.3 is 0 Å². The molecule has 28 heavy (non-hydrogen) atoms. The van der Waals surface area contributed by atoms with Gasteiger partial charge in [-0.1, -0.05) is 12.1 Å². The number of ether oxygens (including phenoxy) is 1. The van der Waals surface area contributed by atoms with Crippen LogP contribution in [0.4, 0.5) is 5.69 Å². The van der Waals surface area contributed by atoms with Gasteiger partial charge < -0.3 is 19.4 Å². The third-order valence-electron chi connectivity index (χ3n) is 4.52. The lowest BCUT2D eigenvalue weighted by Gasteiger charge is -2.26. The number of furan rings is 1. The van der Waals surface area contributed by atoms with Gasteiger partial charge in [-0.3, -0.25) is 14.4 Å². The van der Waals surface area contributed by atoms with Crippen LogP contribution in [-0.4, -0.2) is 52.8 Å². The summed E-state index contributed by atoms with van der Waals surface area (Å²) in [6.07, 6.45) is 0. The highest BCUT2D eigenvalue weighted by Gasteiger charge is 2.28. The molecule has 0 saturated carbocycles. The lowest BCUT2D eigenvalue weighted by Crippen LogP contribution is -2.40. The third-order valence-corrected chi connectivity index (χ3v) is 4.52. The van der Waals surface area contributed by atoms with Gasteiger partial charge in [0.25, 0.3) is 17.4 Å². The summed E-state index contributed by atoms with van der Waals surface area (Å²) in [5.41, 5.74) is 0.501. The molecule has 0 unspecified atom stereocenters. The summed E-state index contributed by atoms with van der Waals surface area (Å²) in [6.45, 7) is 1.81. The molecule has 3 heterocycles. The molecule has 4 rings (SSSR count). The molecule has 1 saturated heterocycles. The number of nitrogens with one attached hydrogen (secondary N) is 1. The normalized spacial score (nSPS) is 14.2. The van der Waals surface area contributed by atoms with E-state index in [9.17, 15) is 14.4 Å². The maximum atomic E-state index is 13.0. The number of aromatic nitrogens is 2. The number of morpholine rings is 1. The second-order valence-electron chi connectivity index (χ2n) is 6.34. The summed E-state index contributed by atoms with van der Waals surface area (Å²) < 4.78 is 12.1. The Kier molecular flexibility index (Phi) is 4.66. The zero-order chi connectivity index (χ0) is 19.7. The number of rotatable bonds is 3. The molecular formula is C19H18N4O5. The Morgan fingerprint density at radius 1 is 1.11 bits per heavy atom. The maximum Gasteiger partial charge on any atom is 0.291 e. The molecule has 9 nitrogen and oxygen atoms in total. The van der Waals surface area contributed by atoms with Gasteiger partial charge in [0.15, 0.2) is 0 Å². The number of nitrogens with zero attached hydrogens (tertiary/aromatic N) is 3. The Morgan fingerprint density at radius 3 is 2.61 bits per heavy atom. The van der Waals surface area contributed by atoms with Gasteiger partial charge in [-0.25, -0.2) is 4.68 Å². The number of fused-ring (bicyclic) bond motifs is 1. The SMILES string of the molecule is Cn1nc(C(=O)Nc2c(C(=O)N3CCOCC3)oc3ccccc23)ccc1=O. The lowest BCUT2D eigenvalue weighted by molar-refractivity contribution is 0.0285. The second-order valence-corrected chi connectivity index (χ2v) is 6.34. The summed E-state index contributed by atoms with van der Waals surface area (Å²) in [5, 5.41) is 7.28. The zero-order valence-corrected chi connectivity index (χ0v) is 15.2. The highest BCUT2D eigenvalue weighted by atomic mass is 16.5. The van der Waals surface area contributed by atoms with Gasteiger partial charge in [-0.15, -0.1) is 0 Å². The van der Waals surface area contributed by atoms with Crippen molar-refractivity contribution in [1.29, 1.82) is 0 Å². The minimum Gasteiger partial charge on any atom is -0.449 e. The van der Waals surface area contributed by atoms with Crippen molar-refractivity contribution in [2.75, 3.05) is 31.6 Å². The fourth-order valence-corrected chi connectivity index (χ4v) is 3.03. The fraction of sp³-hybridized carbons (Fsp3) is 0.263. The molecule has 2 aromatic heterocycles. The summed E-state index contributed by atoms with van der Waals surface area (Å²) in [4.78, 5) is 38.8. The number of benzene rings is 1. The number of anilines is 1. The van der Waals surface area contributed by atoms with Crippen LogP contribution in [0.1, 0.15) is 21.0 Å². The molecule has 0 spiro atoms. The Morgan fingerprint density at radius 2 is 1.86 bits per heavy atom. The van der Waals surface area contributed by atoms with Crippen molar-refractivity contribution in [2.24, 2.45) is 7.05 Å². The monoisotopic (exact) mass is 382 g/mol. The van der Waals surface area contributed by atoms with Crippen molar-refractivity contribution in [2.45, 2.75) is 0 Å². The van der Waals surface area contributed by atoms with Crippen LogP contribution in [0, 0.1) is 0 Å². The molecule has 3 aromatic rings. The van der Waals surface area contributed by atoms with Gasteiger partial charge in [0.05, 0.1) is 13.2 Å². The van der Waals surface area contributed by atoms with Crippen LogP contribution in [-0.2, 0) is 11.8 Å². The highest BCUT2D eigenvalue weighted by molar-refractivity contribution is 6.13. The minimum absolute atomic E-state index is 0.0529. The van der Waals surface area contributed by atoms with Crippen molar-refractivity contribution < 1.29 is 18.7 Å². The van der Waals surface area contributed by atoms with Gasteiger partial charge in [-0.2, -0.15) is 5.10 Å². The second kappa shape index (κ2) is 7.28. The summed E-state index contributed by atoms with van der Waals surface area (Å²) >= 11 is 0. The number of amides is 2. The van der Waals surface area contributed by atoms with Gasteiger partial charge in [0.2, 0.25) is 5.76 Å². The van der Waals surface area contributed by atoms with Crippen LogP contribution >= 0.6 is 0 Å². The smallest absolute Gasteiger partial charge is 0.291 e. The standard InChI is InChI=1S/C19H18N4O5/c1-22-15(24)7-6-13(21-22)18(25)20-16-12-4-2-3-5-14(12)28-17(16)19(26)23-8-10-27-11-9-23/h2-7H,8-11H2,1H3,(H,20,25). The van der Waals surface area contributed by atoms with Crippen LogP contribution in [0.15, 0.2) is 45.6 Å². The molecule has 1 N–H and O–H groups in total. The molecule has 9 heteroatoms. The van der Waals surface area contributed by atoms with Crippen LogP contribution in [0.3, 0.4) is 0 Å². The zero-order valence-electron chi connectivity index (χ0n) is 15.2. The topological polar surface area (TPSA) is 107 Å². The van der Waals surface area contributed by atoms with Crippen molar-refractivity contribution in [3.63, 3.8) is 0 Å². The first-order valence-electron chi connectivity index (χ1n) is 8.79. The molecule has 1 aromatic carbocycles. The van der Waals surface area contributed by atoms with E-state index in [1.54, 1.807) is 29.2 Å². The average molecular weight is 382 g/mol. The molecule has 144 valence electrons. The number of para-hydroxylation sites is 1. The predicted octanol–water partition coefficient (Wildman–Crippen LogP) is 1.25. The Labute approximate surface area is 159 Å². The number of aryl methyl sites for hydroxylation is 1. The molecule has 1 aliphatic rings. The lowest BCUT2D eigenvalue weighted by atomic mass is 10.2. The van der Waals surface area contributed by atoms with Crippen molar-refractivity contribution in [3.8, 4) is 0 Å². The molecule has 2 amide bonds. The Balaban J connectivity index is 1.72. The average Bonchev–Trinajstić information content (AvgIpc) is 3.08. The molecule has 1 fully saturated rings. The van der Waals surface area contributed by atoms with E-state index in [0.29, 0.717) is 37.3 Å². The largest absolute Gasteiger partial charge is 0.449 e. The molecule has 0 radical (unpaired) electrons. The van der Waals surface area contributed by atoms with Crippen LogP contribution in [0.2, 0.25) is 0 Å². The third kappa shape index (κ3) is 3.27. The number of hydrogen-bond acceptors (Lipinski definition) is 6. The van der Waals surface area contributed by atoms with Gasteiger partial charge in [0.1, 0.15) is 17.0 Å².